The molecule has 0 aliphatic carbocycles. The summed E-state index contributed by atoms with van der Waals surface area (Å²) >= 11 is 0. The third-order valence-electron chi connectivity index (χ3n) is 3.33. The minimum Gasteiger partial charge on any atom is -0.372 e. The standard InChI is InChI=1S/C17H17N2/c1-18(2)16-11-10-14-8-4-5-9-15(14)17(16)19-12-6-3-7-13-19/h3-13H,1-2H3/q+1. The number of rotatable bonds is 2. The molecule has 0 N–H and O–H groups in total. The Hall–Kier alpha value is -2.35. The molecule has 0 saturated heterocycles. The molecule has 1 heterocycles. The highest BCUT2D eigenvalue weighted by Crippen LogP contribution is 2.27. The van der Waals surface area contributed by atoms with E-state index >= 15 is 0 Å². The van der Waals surface area contributed by atoms with Gasteiger partial charge in [0.25, 0.3) is 0 Å². The van der Waals surface area contributed by atoms with Crippen molar-refractivity contribution in [3.05, 3.63) is 67.0 Å². The Kier molecular flexibility index (Phi) is 2.92. The second kappa shape index (κ2) is 4.73. The highest BCUT2D eigenvalue weighted by molar-refractivity contribution is 5.93. The van der Waals surface area contributed by atoms with E-state index in [0.29, 0.717) is 0 Å². The van der Waals surface area contributed by atoms with Gasteiger partial charge in [-0.3, -0.25) is 0 Å². The summed E-state index contributed by atoms with van der Waals surface area (Å²) < 4.78 is 2.18. The van der Waals surface area contributed by atoms with Crippen LogP contribution in [0.2, 0.25) is 0 Å². The fraction of sp³-hybridized carbons (Fsp3) is 0.118. The lowest BCUT2D eigenvalue weighted by Gasteiger charge is -2.15. The van der Waals surface area contributed by atoms with Gasteiger partial charge in [0.1, 0.15) is 5.69 Å². The van der Waals surface area contributed by atoms with E-state index in [-0.39, 0.29) is 0 Å². The Balaban J connectivity index is 2.39. The molecule has 0 unspecified atom stereocenters. The molecule has 0 spiro atoms. The van der Waals surface area contributed by atoms with Gasteiger partial charge in [-0.2, -0.15) is 4.57 Å². The molecule has 0 bridgehead atoms. The highest BCUT2D eigenvalue weighted by atomic mass is 15.1. The third kappa shape index (κ3) is 2.06. The molecule has 19 heavy (non-hydrogen) atoms. The van der Waals surface area contributed by atoms with Gasteiger partial charge in [0.05, 0.1) is 5.39 Å². The summed E-state index contributed by atoms with van der Waals surface area (Å²) in [7, 11) is 4.16. The van der Waals surface area contributed by atoms with Crippen molar-refractivity contribution in [3.8, 4) is 5.69 Å². The van der Waals surface area contributed by atoms with E-state index in [0.717, 1.165) is 0 Å². The number of hydrogen-bond donors (Lipinski definition) is 0. The van der Waals surface area contributed by atoms with Crippen molar-refractivity contribution in [1.82, 2.24) is 0 Å². The monoisotopic (exact) mass is 249 g/mol. The molecule has 3 aromatic rings. The van der Waals surface area contributed by atoms with Crippen LogP contribution in [0.15, 0.2) is 67.0 Å². The van der Waals surface area contributed by atoms with E-state index in [1.807, 2.05) is 6.07 Å². The molecule has 1 aromatic heterocycles. The number of anilines is 1. The van der Waals surface area contributed by atoms with Crippen LogP contribution >= 0.6 is 0 Å². The van der Waals surface area contributed by atoms with Crippen molar-refractivity contribution in [2.75, 3.05) is 19.0 Å². The van der Waals surface area contributed by atoms with Gasteiger partial charge in [0.15, 0.2) is 12.4 Å². The molecule has 2 heteroatoms. The molecule has 0 aliphatic rings. The minimum absolute atomic E-state index is 1.22. The fourth-order valence-electron chi connectivity index (χ4n) is 2.42. The molecule has 0 amide bonds. The first-order valence-corrected chi connectivity index (χ1v) is 6.43. The molecule has 0 radical (unpaired) electrons. The lowest BCUT2D eigenvalue weighted by Crippen LogP contribution is -2.32. The Labute approximate surface area is 113 Å². The van der Waals surface area contributed by atoms with Gasteiger partial charge >= 0.3 is 0 Å². The second-order valence-electron chi connectivity index (χ2n) is 4.83. The van der Waals surface area contributed by atoms with Crippen LogP contribution in [-0.4, -0.2) is 14.1 Å². The van der Waals surface area contributed by atoms with Gasteiger partial charge in [-0.25, -0.2) is 0 Å². The van der Waals surface area contributed by atoms with Crippen LogP contribution in [0.3, 0.4) is 0 Å². The molecule has 94 valence electrons. The summed E-state index contributed by atoms with van der Waals surface area (Å²) in [5, 5.41) is 2.53. The number of pyridine rings is 1. The zero-order valence-electron chi connectivity index (χ0n) is 11.2. The zero-order chi connectivity index (χ0) is 13.2. The van der Waals surface area contributed by atoms with E-state index in [1.165, 1.54) is 22.1 Å². The Bertz CT molecular complexity index is 703. The van der Waals surface area contributed by atoms with Crippen LogP contribution < -0.4 is 9.47 Å². The zero-order valence-corrected chi connectivity index (χ0v) is 11.2. The van der Waals surface area contributed by atoms with E-state index in [4.69, 9.17) is 0 Å². The quantitative estimate of drug-likeness (QED) is 0.633. The molecular weight excluding hydrogens is 232 g/mol. The van der Waals surface area contributed by atoms with Crippen LogP contribution in [-0.2, 0) is 0 Å². The Morgan fingerprint density at radius 2 is 1.53 bits per heavy atom. The topological polar surface area (TPSA) is 7.12 Å². The second-order valence-corrected chi connectivity index (χ2v) is 4.83. The molecule has 2 nitrogen and oxygen atoms in total. The summed E-state index contributed by atoms with van der Waals surface area (Å²) in [5.74, 6) is 0. The molecule has 0 saturated carbocycles. The van der Waals surface area contributed by atoms with Crippen LogP contribution in [0.4, 0.5) is 5.69 Å². The Morgan fingerprint density at radius 3 is 2.26 bits per heavy atom. The molecule has 0 fully saturated rings. The summed E-state index contributed by atoms with van der Waals surface area (Å²) in [6, 6.07) is 19.0. The van der Waals surface area contributed by atoms with Crippen LogP contribution in [0, 0.1) is 0 Å². The average molecular weight is 249 g/mol. The number of nitrogens with zero attached hydrogens (tertiary/aromatic N) is 2. The number of hydrogen-bond acceptors (Lipinski definition) is 1. The number of aromatic nitrogens is 1. The van der Waals surface area contributed by atoms with Crippen LogP contribution in [0.1, 0.15) is 0 Å². The van der Waals surface area contributed by atoms with Crippen molar-refractivity contribution in [2.45, 2.75) is 0 Å². The predicted molar refractivity (Wildman–Crippen MR) is 79.8 cm³/mol. The molecule has 3 rings (SSSR count). The largest absolute Gasteiger partial charge is 0.372 e. The highest BCUT2D eigenvalue weighted by Gasteiger charge is 2.17. The van der Waals surface area contributed by atoms with Crippen molar-refractivity contribution in [3.63, 3.8) is 0 Å². The smallest absolute Gasteiger partial charge is 0.241 e. The minimum atomic E-state index is 1.22. The van der Waals surface area contributed by atoms with Gasteiger partial charge in [0.2, 0.25) is 5.69 Å². The van der Waals surface area contributed by atoms with Crippen molar-refractivity contribution < 1.29 is 4.57 Å². The first-order chi connectivity index (χ1) is 9.27. The Morgan fingerprint density at radius 1 is 0.789 bits per heavy atom. The molecular formula is C17H17N2+. The van der Waals surface area contributed by atoms with E-state index in [1.54, 1.807) is 0 Å². The maximum atomic E-state index is 2.18. The van der Waals surface area contributed by atoms with E-state index in [2.05, 4.69) is 84.5 Å². The lowest BCUT2D eigenvalue weighted by atomic mass is 10.1. The van der Waals surface area contributed by atoms with Crippen molar-refractivity contribution in [1.29, 1.82) is 0 Å². The average Bonchev–Trinajstić information content (AvgIpc) is 2.46. The van der Waals surface area contributed by atoms with Crippen molar-refractivity contribution >= 4 is 16.5 Å². The number of benzene rings is 2. The number of fused-ring (bicyclic) bond motifs is 1. The van der Waals surface area contributed by atoms with E-state index < -0.39 is 0 Å². The summed E-state index contributed by atoms with van der Waals surface area (Å²) in [6.07, 6.45) is 4.18. The summed E-state index contributed by atoms with van der Waals surface area (Å²) in [5.41, 5.74) is 2.44. The van der Waals surface area contributed by atoms with Gasteiger partial charge in [0, 0.05) is 26.2 Å². The third-order valence-corrected chi connectivity index (χ3v) is 3.33. The SMILES string of the molecule is CN(C)c1ccc2ccccc2c1-[n+]1ccccc1. The fourth-order valence-corrected chi connectivity index (χ4v) is 2.42. The van der Waals surface area contributed by atoms with Crippen molar-refractivity contribution in [2.24, 2.45) is 0 Å². The van der Waals surface area contributed by atoms with E-state index in [9.17, 15) is 0 Å². The summed E-state index contributed by atoms with van der Waals surface area (Å²) in [4.78, 5) is 2.15. The maximum absolute atomic E-state index is 2.18. The normalized spacial score (nSPS) is 10.6. The molecule has 0 atom stereocenters. The predicted octanol–water partition coefficient (Wildman–Crippen LogP) is 3.18. The molecule has 2 aromatic carbocycles. The van der Waals surface area contributed by atoms with Gasteiger partial charge < -0.3 is 4.90 Å². The maximum Gasteiger partial charge on any atom is 0.241 e. The molecule has 0 aliphatic heterocycles. The lowest BCUT2D eigenvalue weighted by molar-refractivity contribution is -0.593. The van der Waals surface area contributed by atoms with Crippen LogP contribution in [0.5, 0.6) is 0 Å². The van der Waals surface area contributed by atoms with Gasteiger partial charge in [-0.1, -0.05) is 30.3 Å². The van der Waals surface area contributed by atoms with Crippen LogP contribution in [0.25, 0.3) is 16.5 Å². The summed E-state index contributed by atoms with van der Waals surface area (Å²) in [6.45, 7) is 0. The first kappa shape index (κ1) is 11.7. The first-order valence-electron chi connectivity index (χ1n) is 6.43. The van der Waals surface area contributed by atoms with Gasteiger partial charge in [-0.15, -0.1) is 0 Å². The van der Waals surface area contributed by atoms with Gasteiger partial charge in [-0.05, 0) is 17.5 Å².